The monoisotopic (exact) mass is 299 g/mol. The van der Waals surface area contributed by atoms with Crippen LogP contribution in [-0.2, 0) is 9.53 Å². The van der Waals surface area contributed by atoms with E-state index in [2.05, 4.69) is 29.0 Å². The van der Waals surface area contributed by atoms with Gasteiger partial charge in [-0.15, -0.1) is 0 Å². The normalized spacial score (nSPS) is 22.5. The molecule has 1 saturated heterocycles. The zero-order chi connectivity index (χ0) is 15.9. The molecule has 0 amide bonds. The van der Waals surface area contributed by atoms with Crippen molar-refractivity contribution < 1.29 is 9.53 Å². The van der Waals surface area contributed by atoms with E-state index in [9.17, 15) is 4.79 Å². The lowest BCUT2D eigenvalue weighted by molar-refractivity contribution is -0.148. The number of likely N-dealkylation sites (tertiary alicyclic amines) is 1. The third-order valence-corrected chi connectivity index (χ3v) is 4.71. The molecule has 2 unspecified atom stereocenters. The lowest BCUT2D eigenvalue weighted by Crippen LogP contribution is -2.52. The maximum atomic E-state index is 12.0. The molecule has 5 nitrogen and oxygen atoms in total. The van der Waals surface area contributed by atoms with Crippen LogP contribution in [0, 0.1) is 0 Å². The van der Waals surface area contributed by atoms with Gasteiger partial charge in [0, 0.05) is 19.1 Å². The molecule has 0 saturated carbocycles. The van der Waals surface area contributed by atoms with Crippen LogP contribution in [0.15, 0.2) is 0 Å². The zero-order valence-corrected chi connectivity index (χ0v) is 14.4. The van der Waals surface area contributed by atoms with E-state index in [1.165, 1.54) is 13.5 Å². The second-order valence-electron chi connectivity index (χ2n) is 6.07. The number of nitrogens with zero attached hydrogens (tertiary/aromatic N) is 2. The lowest BCUT2D eigenvalue weighted by atomic mass is 9.97. The number of nitrogens with one attached hydrogen (secondary N) is 1. The van der Waals surface area contributed by atoms with Crippen molar-refractivity contribution in [2.45, 2.75) is 52.1 Å². The molecular formula is C16H33N3O2. The van der Waals surface area contributed by atoms with Crippen molar-refractivity contribution in [1.29, 1.82) is 0 Å². The van der Waals surface area contributed by atoms with Crippen molar-refractivity contribution in [3.05, 3.63) is 0 Å². The third kappa shape index (κ3) is 4.94. The molecule has 2 atom stereocenters. The van der Waals surface area contributed by atoms with E-state index in [0.717, 1.165) is 45.7 Å². The number of hydrogen-bond donors (Lipinski definition) is 1. The van der Waals surface area contributed by atoms with Gasteiger partial charge in [-0.05, 0) is 45.9 Å². The number of carbonyl (C=O) groups excluding carboxylic acids is 1. The number of esters is 1. The molecule has 0 radical (unpaired) electrons. The van der Waals surface area contributed by atoms with Crippen LogP contribution in [0.5, 0.6) is 0 Å². The van der Waals surface area contributed by atoms with Gasteiger partial charge in [-0.2, -0.15) is 0 Å². The van der Waals surface area contributed by atoms with Crippen molar-refractivity contribution in [2.24, 2.45) is 0 Å². The molecule has 0 aromatic carbocycles. The molecule has 0 aromatic rings. The van der Waals surface area contributed by atoms with E-state index in [0.29, 0.717) is 6.04 Å². The Bertz CT molecular complexity index is 321. The number of methoxy groups -OCH3 is 1. The topological polar surface area (TPSA) is 44.8 Å². The first-order valence-electron chi connectivity index (χ1n) is 8.30. The van der Waals surface area contributed by atoms with Crippen LogP contribution < -0.4 is 5.32 Å². The summed E-state index contributed by atoms with van der Waals surface area (Å²) < 4.78 is 4.95. The molecule has 0 bridgehead atoms. The molecule has 5 heteroatoms. The summed E-state index contributed by atoms with van der Waals surface area (Å²) in [6, 6.07) is 0.670. The highest BCUT2D eigenvalue weighted by Gasteiger charge is 2.35. The molecular weight excluding hydrogens is 266 g/mol. The highest BCUT2D eigenvalue weighted by Crippen LogP contribution is 2.19. The highest BCUT2D eigenvalue weighted by atomic mass is 16.5. The Morgan fingerprint density at radius 1 is 1.38 bits per heavy atom. The maximum Gasteiger partial charge on any atom is 0.325 e. The molecule has 0 spiro atoms. The Morgan fingerprint density at radius 3 is 2.57 bits per heavy atom. The summed E-state index contributed by atoms with van der Waals surface area (Å²) in [4.78, 5) is 17.0. The van der Waals surface area contributed by atoms with Crippen molar-refractivity contribution in [3.8, 4) is 0 Å². The Balaban J connectivity index is 2.49. The standard InChI is InChI=1S/C16H33N3O2/c1-6-17-16(4,15(20)21-5)10-12-18-11-9-14(13-18)19(7-2)8-3/h14,17H,6-13H2,1-5H3. The quantitative estimate of drug-likeness (QED) is 0.651. The van der Waals surface area contributed by atoms with E-state index in [1.807, 2.05) is 13.8 Å². The van der Waals surface area contributed by atoms with Crippen LogP contribution in [-0.4, -0.2) is 73.7 Å². The summed E-state index contributed by atoms with van der Waals surface area (Å²) in [6.45, 7) is 14.6. The van der Waals surface area contributed by atoms with Crippen molar-refractivity contribution >= 4 is 5.97 Å². The molecule has 0 aliphatic carbocycles. The van der Waals surface area contributed by atoms with Gasteiger partial charge in [0.2, 0.25) is 0 Å². The van der Waals surface area contributed by atoms with Gasteiger partial charge in [0.1, 0.15) is 5.54 Å². The molecule has 21 heavy (non-hydrogen) atoms. The van der Waals surface area contributed by atoms with E-state index >= 15 is 0 Å². The fourth-order valence-electron chi connectivity index (χ4n) is 3.31. The molecule has 1 heterocycles. The first kappa shape index (κ1) is 18.4. The Hall–Kier alpha value is -0.650. The number of likely N-dealkylation sites (N-methyl/N-ethyl adjacent to an activating group) is 2. The highest BCUT2D eigenvalue weighted by molar-refractivity contribution is 5.80. The predicted molar refractivity (Wildman–Crippen MR) is 86.5 cm³/mol. The summed E-state index contributed by atoms with van der Waals surface area (Å²) >= 11 is 0. The van der Waals surface area contributed by atoms with Crippen LogP contribution in [0.4, 0.5) is 0 Å². The van der Waals surface area contributed by atoms with Gasteiger partial charge in [-0.1, -0.05) is 20.8 Å². The Kier molecular flexibility index (Phi) is 7.63. The van der Waals surface area contributed by atoms with Gasteiger partial charge in [0.15, 0.2) is 0 Å². The minimum absolute atomic E-state index is 0.163. The third-order valence-electron chi connectivity index (χ3n) is 4.71. The van der Waals surface area contributed by atoms with Gasteiger partial charge in [-0.3, -0.25) is 9.69 Å². The largest absolute Gasteiger partial charge is 0.468 e. The van der Waals surface area contributed by atoms with Crippen LogP contribution in [0.3, 0.4) is 0 Å². The lowest BCUT2D eigenvalue weighted by Gasteiger charge is -2.30. The number of rotatable bonds is 9. The second-order valence-corrected chi connectivity index (χ2v) is 6.07. The first-order chi connectivity index (χ1) is 10.0. The van der Waals surface area contributed by atoms with E-state index in [-0.39, 0.29) is 5.97 Å². The van der Waals surface area contributed by atoms with Gasteiger partial charge in [0.05, 0.1) is 7.11 Å². The van der Waals surface area contributed by atoms with Crippen LogP contribution in [0.25, 0.3) is 0 Å². The number of ether oxygens (including phenoxy) is 1. The van der Waals surface area contributed by atoms with Gasteiger partial charge in [0.25, 0.3) is 0 Å². The summed E-state index contributed by atoms with van der Waals surface area (Å²) in [7, 11) is 1.46. The van der Waals surface area contributed by atoms with Gasteiger partial charge in [-0.25, -0.2) is 0 Å². The van der Waals surface area contributed by atoms with E-state index in [1.54, 1.807) is 0 Å². The average Bonchev–Trinajstić information content (AvgIpc) is 2.95. The maximum absolute atomic E-state index is 12.0. The summed E-state index contributed by atoms with van der Waals surface area (Å²) in [6.07, 6.45) is 2.02. The minimum atomic E-state index is -0.573. The van der Waals surface area contributed by atoms with Gasteiger partial charge < -0.3 is 15.0 Å². The molecule has 1 aliphatic rings. The molecule has 1 N–H and O–H groups in total. The van der Waals surface area contributed by atoms with Crippen molar-refractivity contribution in [2.75, 3.05) is 46.4 Å². The van der Waals surface area contributed by atoms with E-state index < -0.39 is 5.54 Å². The molecule has 1 fully saturated rings. The fraction of sp³-hybridized carbons (Fsp3) is 0.938. The van der Waals surface area contributed by atoms with Crippen LogP contribution in [0.2, 0.25) is 0 Å². The Labute approximate surface area is 130 Å². The summed E-state index contributed by atoms with van der Waals surface area (Å²) in [5.41, 5.74) is -0.573. The first-order valence-corrected chi connectivity index (χ1v) is 8.30. The van der Waals surface area contributed by atoms with Crippen molar-refractivity contribution in [1.82, 2.24) is 15.1 Å². The van der Waals surface area contributed by atoms with Gasteiger partial charge >= 0.3 is 5.97 Å². The predicted octanol–water partition coefficient (Wildman–Crippen LogP) is 1.33. The smallest absolute Gasteiger partial charge is 0.325 e. The number of hydrogen-bond acceptors (Lipinski definition) is 5. The molecule has 0 aromatic heterocycles. The molecule has 1 rings (SSSR count). The Morgan fingerprint density at radius 2 is 2.05 bits per heavy atom. The van der Waals surface area contributed by atoms with Crippen LogP contribution >= 0.6 is 0 Å². The average molecular weight is 299 g/mol. The fourth-order valence-corrected chi connectivity index (χ4v) is 3.31. The SMILES string of the molecule is CCNC(C)(CCN1CCC(N(CC)CC)C1)C(=O)OC. The van der Waals surface area contributed by atoms with E-state index in [4.69, 9.17) is 4.74 Å². The molecule has 1 aliphatic heterocycles. The summed E-state index contributed by atoms with van der Waals surface area (Å²) in [5.74, 6) is -0.163. The minimum Gasteiger partial charge on any atom is -0.468 e. The van der Waals surface area contributed by atoms with Crippen LogP contribution in [0.1, 0.15) is 40.5 Å². The summed E-state index contributed by atoms with van der Waals surface area (Å²) in [5, 5.41) is 3.28. The number of carbonyl (C=O) groups is 1. The van der Waals surface area contributed by atoms with Crippen molar-refractivity contribution in [3.63, 3.8) is 0 Å². The second kappa shape index (κ2) is 8.71. The molecule has 124 valence electrons. The zero-order valence-electron chi connectivity index (χ0n) is 14.4.